The van der Waals surface area contributed by atoms with Gasteiger partial charge in [0.15, 0.2) is 6.29 Å². The van der Waals surface area contributed by atoms with Crippen LogP contribution in [0.1, 0.15) is 6.92 Å². The van der Waals surface area contributed by atoms with Crippen LogP contribution < -0.4 is 0 Å². The highest BCUT2D eigenvalue weighted by Gasteiger charge is 2.58. The van der Waals surface area contributed by atoms with E-state index in [1.165, 1.54) is 0 Å². The molecule has 9 atom stereocenters. The number of carbonyl (C=O) groups excluding carboxylic acids is 1. The smallest absolute Gasteiger partial charge is 0.302 e. The molecule has 0 unspecified atom stereocenters. The van der Waals surface area contributed by atoms with Crippen molar-refractivity contribution in [2.75, 3.05) is 19.8 Å². The summed E-state index contributed by atoms with van der Waals surface area (Å²) in [7, 11) is 0. The van der Waals surface area contributed by atoms with Crippen molar-refractivity contribution in [1.29, 1.82) is 0 Å². The maximum Gasteiger partial charge on any atom is 0.302 e. The van der Waals surface area contributed by atoms with Crippen LogP contribution >= 0.6 is 0 Å². The second kappa shape index (κ2) is 8.39. The highest BCUT2D eigenvalue weighted by molar-refractivity contribution is 5.65. The van der Waals surface area contributed by atoms with Gasteiger partial charge in [-0.05, 0) is 0 Å². The van der Waals surface area contributed by atoms with Crippen LogP contribution in [0.5, 0.6) is 0 Å². The molecule has 152 valence electrons. The summed E-state index contributed by atoms with van der Waals surface area (Å²) >= 11 is 0. The zero-order chi connectivity index (χ0) is 19.6. The van der Waals surface area contributed by atoms with Gasteiger partial charge in [0.2, 0.25) is 5.79 Å². The zero-order valence-electron chi connectivity index (χ0n) is 13.9. The van der Waals surface area contributed by atoms with Gasteiger partial charge in [-0.1, -0.05) is 0 Å². The lowest BCUT2D eigenvalue weighted by atomic mass is 9.99. The molecule has 0 bridgehead atoms. The van der Waals surface area contributed by atoms with E-state index in [9.17, 15) is 35.4 Å². The molecule has 12 nitrogen and oxygen atoms in total. The first kappa shape index (κ1) is 21.4. The van der Waals surface area contributed by atoms with E-state index in [0.29, 0.717) is 0 Å². The molecule has 0 aromatic heterocycles. The first-order valence-corrected chi connectivity index (χ1v) is 7.93. The Morgan fingerprint density at radius 2 is 1.65 bits per heavy atom. The number of hydrogen-bond donors (Lipinski definition) is 7. The van der Waals surface area contributed by atoms with Gasteiger partial charge in [0, 0.05) is 6.92 Å². The molecule has 0 saturated carbocycles. The maximum absolute atomic E-state index is 10.9. The number of rotatable bonds is 6. The summed E-state index contributed by atoms with van der Waals surface area (Å²) in [6.07, 6.45) is -12.9. The minimum atomic E-state index is -2.26. The fraction of sp³-hybridized carbons (Fsp3) is 0.929. The van der Waals surface area contributed by atoms with Crippen molar-refractivity contribution in [3.8, 4) is 0 Å². The Morgan fingerprint density at radius 3 is 2.15 bits per heavy atom. The van der Waals surface area contributed by atoms with Gasteiger partial charge < -0.3 is 54.7 Å². The Labute approximate surface area is 148 Å². The summed E-state index contributed by atoms with van der Waals surface area (Å²) in [4.78, 5) is 10.9. The molecule has 7 N–H and O–H groups in total. The van der Waals surface area contributed by atoms with E-state index in [0.717, 1.165) is 6.92 Å². The molecule has 0 radical (unpaired) electrons. The van der Waals surface area contributed by atoms with Gasteiger partial charge in [0.25, 0.3) is 0 Å². The molecule has 0 aromatic carbocycles. The molecule has 2 fully saturated rings. The predicted molar refractivity (Wildman–Crippen MR) is 78.2 cm³/mol. The Bertz CT molecular complexity index is 489. The topological polar surface area (TPSA) is 196 Å². The van der Waals surface area contributed by atoms with Crippen molar-refractivity contribution in [2.24, 2.45) is 0 Å². The minimum absolute atomic E-state index is 0.461. The van der Waals surface area contributed by atoms with Gasteiger partial charge in [0.05, 0.1) is 6.61 Å². The molecule has 2 aliphatic rings. The minimum Gasteiger partial charge on any atom is -0.463 e. The van der Waals surface area contributed by atoms with Crippen molar-refractivity contribution >= 4 is 5.97 Å². The summed E-state index contributed by atoms with van der Waals surface area (Å²) in [5.74, 6) is -2.93. The molecule has 12 heteroatoms. The number of aliphatic hydroxyl groups is 7. The largest absolute Gasteiger partial charge is 0.463 e. The third-order valence-corrected chi connectivity index (χ3v) is 4.34. The van der Waals surface area contributed by atoms with Crippen molar-refractivity contribution in [1.82, 2.24) is 0 Å². The van der Waals surface area contributed by atoms with Gasteiger partial charge >= 0.3 is 5.97 Å². The summed E-state index contributed by atoms with van der Waals surface area (Å²) < 4.78 is 20.4. The van der Waals surface area contributed by atoms with Gasteiger partial charge in [-0.3, -0.25) is 4.79 Å². The Kier molecular flexibility index (Phi) is 6.90. The zero-order valence-corrected chi connectivity index (χ0v) is 13.9. The normalized spacial score (nSPS) is 46.3. The third-order valence-electron chi connectivity index (χ3n) is 4.34. The van der Waals surface area contributed by atoms with E-state index in [1.807, 2.05) is 0 Å². The van der Waals surface area contributed by atoms with Crippen LogP contribution in [0.3, 0.4) is 0 Å². The van der Waals surface area contributed by atoms with E-state index >= 15 is 0 Å². The molecule has 2 aliphatic heterocycles. The average Bonchev–Trinajstić information content (AvgIpc) is 2.86. The predicted octanol–water partition coefficient (Wildman–Crippen LogP) is -4.82. The highest BCUT2D eigenvalue weighted by Crippen LogP contribution is 2.35. The SMILES string of the molecule is CC(=O)OC[C@H]1O[C@@H](O[C@@]2(CO)O[C@@H](CO)[C@@H](O)[C@H]2O)[C@@H](O)[C@@H](O)[C@H]1O. The molecule has 2 heterocycles. The van der Waals surface area contributed by atoms with Crippen LogP contribution in [-0.4, -0.2) is 116 Å². The summed E-state index contributed by atoms with van der Waals surface area (Å²) in [6, 6.07) is 0. The molecule has 0 amide bonds. The second-order valence-corrected chi connectivity index (χ2v) is 6.18. The van der Waals surface area contributed by atoms with Crippen molar-refractivity contribution < 1.29 is 59.5 Å². The van der Waals surface area contributed by atoms with E-state index < -0.39 is 80.6 Å². The van der Waals surface area contributed by atoms with Crippen LogP contribution in [-0.2, 0) is 23.7 Å². The number of carbonyl (C=O) groups is 1. The number of esters is 1. The molecule has 0 aliphatic carbocycles. The number of hydrogen-bond acceptors (Lipinski definition) is 12. The molecule has 2 rings (SSSR count). The number of ether oxygens (including phenoxy) is 4. The van der Waals surface area contributed by atoms with Gasteiger partial charge in [0.1, 0.15) is 55.9 Å². The monoisotopic (exact) mass is 384 g/mol. The van der Waals surface area contributed by atoms with Gasteiger partial charge in [-0.25, -0.2) is 0 Å². The maximum atomic E-state index is 10.9. The third kappa shape index (κ3) is 3.99. The Morgan fingerprint density at radius 1 is 1.00 bits per heavy atom. The van der Waals surface area contributed by atoms with Crippen molar-refractivity contribution in [3.05, 3.63) is 0 Å². The first-order valence-electron chi connectivity index (χ1n) is 7.93. The molecular formula is C14H24O12. The lowest BCUT2D eigenvalue weighted by Crippen LogP contribution is -2.62. The second-order valence-electron chi connectivity index (χ2n) is 6.18. The van der Waals surface area contributed by atoms with Crippen LogP contribution in [0.2, 0.25) is 0 Å². The van der Waals surface area contributed by atoms with Crippen LogP contribution in [0.15, 0.2) is 0 Å². The quantitative estimate of drug-likeness (QED) is 0.216. The molecule has 0 spiro atoms. The van der Waals surface area contributed by atoms with Crippen LogP contribution in [0, 0.1) is 0 Å². The standard InChI is InChI=1S/C14H24O12/c1-5(17)23-3-7-8(18)10(20)11(21)13(24-7)26-14(4-16)12(22)9(19)6(2-15)25-14/h6-13,15-16,18-22H,2-4H2,1H3/t6-,7+,8-,9+,10-,11-,12+,13-,14+/m0/s1. The van der Waals surface area contributed by atoms with Gasteiger partial charge in [-0.2, -0.15) is 0 Å². The number of aliphatic hydroxyl groups excluding tert-OH is 7. The summed E-state index contributed by atoms with van der Waals surface area (Å²) in [6.45, 7) is -1.01. The lowest BCUT2D eigenvalue weighted by molar-refractivity contribution is -0.383. The van der Waals surface area contributed by atoms with Gasteiger partial charge in [-0.15, -0.1) is 0 Å². The molecular weight excluding hydrogens is 360 g/mol. The molecule has 26 heavy (non-hydrogen) atoms. The Hall–Kier alpha value is -0.930. The van der Waals surface area contributed by atoms with Crippen LogP contribution in [0.25, 0.3) is 0 Å². The van der Waals surface area contributed by atoms with E-state index in [-0.39, 0.29) is 0 Å². The fourth-order valence-corrected chi connectivity index (χ4v) is 2.82. The summed E-state index contributed by atoms with van der Waals surface area (Å²) in [5, 5.41) is 68.6. The Balaban J connectivity index is 2.16. The van der Waals surface area contributed by atoms with E-state index in [4.69, 9.17) is 24.1 Å². The first-order chi connectivity index (χ1) is 12.2. The van der Waals surface area contributed by atoms with E-state index in [2.05, 4.69) is 0 Å². The van der Waals surface area contributed by atoms with E-state index in [1.54, 1.807) is 0 Å². The fourth-order valence-electron chi connectivity index (χ4n) is 2.82. The van der Waals surface area contributed by atoms with Crippen LogP contribution in [0.4, 0.5) is 0 Å². The molecule has 0 aromatic rings. The van der Waals surface area contributed by atoms with Crippen molar-refractivity contribution in [3.63, 3.8) is 0 Å². The molecule has 2 saturated heterocycles. The average molecular weight is 384 g/mol. The highest BCUT2D eigenvalue weighted by atomic mass is 16.8. The summed E-state index contributed by atoms with van der Waals surface area (Å²) in [5.41, 5.74) is 0. The lowest BCUT2D eigenvalue weighted by Gasteiger charge is -2.43. The van der Waals surface area contributed by atoms with Crippen molar-refractivity contribution in [2.45, 2.75) is 61.7 Å².